The molecule has 3 nitrogen and oxygen atoms in total. The summed E-state index contributed by atoms with van der Waals surface area (Å²) in [4.78, 5) is 0. The van der Waals surface area contributed by atoms with Crippen LogP contribution in [0.1, 0.15) is 32.8 Å². The topological polar surface area (TPSA) is 66.5 Å². The van der Waals surface area contributed by atoms with E-state index in [1.807, 2.05) is 20.8 Å². The first kappa shape index (κ1) is 13.3. The quantitative estimate of drug-likeness (QED) is 0.700. The summed E-state index contributed by atoms with van der Waals surface area (Å²) < 4.78 is 0. The molecule has 1 atom stereocenters. The van der Waals surface area contributed by atoms with Crippen molar-refractivity contribution in [1.82, 2.24) is 0 Å². The molecule has 1 rings (SSSR count). The lowest BCUT2D eigenvalue weighted by atomic mass is 9.83. The first-order valence-corrected chi connectivity index (χ1v) is 5.50. The van der Waals surface area contributed by atoms with Gasteiger partial charge in [0.2, 0.25) is 0 Å². The van der Waals surface area contributed by atoms with Gasteiger partial charge < -0.3 is 10.2 Å². The Kier molecular flexibility index (Phi) is 3.53. The summed E-state index contributed by atoms with van der Waals surface area (Å²) in [6, 6.07) is 4.38. The van der Waals surface area contributed by atoms with Gasteiger partial charge >= 0.3 is 0 Å². The van der Waals surface area contributed by atoms with E-state index in [4.69, 9.17) is 17.3 Å². The number of phenols is 1. The fraction of sp³-hybridized carbons (Fsp3) is 0.500. The van der Waals surface area contributed by atoms with E-state index >= 15 is 0 Å². The van der Waals surface area contributed by atoms with Crippen molar-refractivity contribution in [3.8, 4) is 5.75 Å². The smallest absolute Gasteiger partial charge is 0.141 e. The minimum Gasteiger partial charge on any atom is -0.508 e. The molecule has 1 aromatic rings. The lowest BCUT2D eigenvalue weighted by molar-refractivity contribution is 0.00299. The van der Waals surface area contributed by atoms with Gasteiger partial charge in [0.25, 0.3) is 0 Å². The van der Waals surface area contributed by atoms with Crippen LogP contribution in [0.3, 0.4) is 0 Å². The van der Waals surface area contributed by atoms with Gasteiger partial charge in [0.15, 0.2) is 0 Å². The second-order valence-electron chi connectivity index (χ2n) is 5.33. The summed E-state index contributed by atoms with van der Waals surface area (Å²) in [5.41, 5.74) is 4.69. The molecular weight excluding hydrogens is 226 g/mol. The summed E-state index contributed by atoms with van der Waals surface area (Å²) in [5.74, 6) is 0.0558. The van der Waals surface area contributed by atoms with Crippen LogP contribution in [0.2, 0.25) is 5.02 Å². The predicted molar refractivity (Wildman–Crippen MR) is 65.3 cm³/mol. The Morgan fingerprint density at radius 2 is 1.88 bits per heavy atom. The van der Waals surface area contributed by atoms with E-state index in [0.717, 1.165) is 0 Å². The van der Waals surface area contributed by atoms with E-state index in [2.05, 4.69) is 0 Å². The van der Waals surface area contributed by atoms with Gasteiger partial charge in [-0.15, -0.1) is 0 Å². The van der Waals surface area contributed by atoms with Crippen LogP contribution in [0.15, 0.2) is 18.2 Å². The predicted octanol–water partition coefficient (Wildman–Crippen LogP) is 2.59. The van der Waals surface area contributed by atoms with E-state index in [-0.39, 0.29) is 16.2 Å². The van der Waals surface area contributed by atoms with Gasteiger partial charge in [-0.2, -0.15) is 0 Å². The fourth-order valence-corrected chi connectivity index (χ4v) is 2.10. The molecule has 0 spiro atoms. The zero-order chi connectivity index (χ0) is 12.6. The van der Waals surface area contributed by atoms with Crippen molar-refractivity contribution < 1.29 is 10.2 Å². The maximum absolute atomic E-state index is 10.2. The summed E-state index contributed by atoms with van der Waals surface area (Å²) in [7, 11) is 0. The fourth-order valence-electron chi connectivity index (χ4n) is 1.76. The molecule has 4 heteroatoms. The Morgan fingerprint density at radius 3 is 2.31 bits per heavy atom. The van der Waals surface area contributed by atoms with Crippen LogP contribution < -0.4 is 5.73 Å². The van der Waals surface area contributed by atoms with Gasteiger partial charge in [-0.3, -0.25) is 5.73 Å². The lowest BCUT2D eigenvalue weighted by Gasteiger charge is -2.31. The Balaban J connectivity index is 3.07. The molecule has 0 amide bonds. The maximum Gasteiger partial charge on any atom is 0.141 e. The molecule has 16 heavy (non-hydrogen) atoms. The molecule has 0 aliphatic carbocycles. The molecule has 0 radical (unpaired) electrons. The van der Waals surface area contributed by atoms with Crippen molar-refractivity contribution in [2.45, 2.75) is 32.9 Å². The van der Waals surface area contributed by atoms with Gasteiger partial charge in [-0.05, 0) is 30.0 Å². The zero-order valence-corrected chi connectivity index (χ0v) is 10.5. The Morgan fingerprint density at radius 1 is 1.31 bits per heavy atom. The highest BCUT2D eigenvalue weighted by atomic mass is 35.5. The number of phenolic OH excluding ortho intramolecular Hbond substituents is 1. The molecule has 0 aliphatic heterocycles. The van der Waals surface area contributed by atoms with E-state index in [9.17, 15) is 10.2 Å². The molecule has 0 aliphatic rings. The zero-order valence-electron chi connectivity index (χ0n) is 9.79. The van der Waals surface area contributed by atoms with E-state index < -0.39 is 5.72 Å². The number of aliphatic hydroxyl groups is 1. The molecular formula is C12H18ClNO2. The summed E-state index contributed by atoms with van der Waals surface area (Å²) in [6.45, 7) is 5.96. The van der Waals surface area contributed by atoms with Crippen LogP contribution in [0, 0.1) is 5.41 Å². The molecule has 0 aromatic heterocycles. The highest BCUT2D eigenvalue weighted by molar-refractivity contribution is 6.31. The van der Waals surface area contributed by atoms with Gasteiger partial charge in [0, 0.05) is 5.56 Å². The summed E-state index contributed by atoms with van der Waals surface area (Å²) in [5, 5.41) is 19.7. The standard InChI is InChI=1S/C12H18ClNO2/c1-11(2,3)7-12(14,16)9-5-4-8(15)6-10(9)13/h4-6,15-16H,7,14H2,1-3H3. The summed E-state index contributed by atoms with van der Waals surface area (Å²) in [6.07, 6.45) is 0.379. The maximum atomic E-state index is 10.2. The summed E-state index contributed by atoms with van der Waals surface area (Å²) >= 11 is 5.94. The minimum absolute atomic E-state index is 0.0558. The van der Waals surface area contributed by atoms with Gasteiger partial charge in [0.1, 0.15) is 11.5 Å². The third kappa shape index (κ3) is 3.37. The van der Waals surface area contributed by atoms with Crippen molar-refractivity contribution in [2.24, 2.45) is 11.1 Å². The average molecular weight is 244 g/mol. The number of nitrogens with two attached hydrogens (primary N) is 1. The minimum atomic E-state index is -1.48. The number of rotatable bonds is 2. The van der Waals surface area contributed by atoms with Crippen LogP contribution in [0.25, 0.3) is 0 Å². The molecule has 0 heterocycles. The Hall–Kier alpha value is -0.770. The molecule has 0 fully saturated rings. The first-order valence-electron chi connectivity index (χ1n) is 5.12. The van der Waals surface area contributed by atoms with Crippen molar-refractivity contribution in [2.75, 3.05) is 0 Å². The van der Waals surface area contributed by atoms with Crippen molar-refractivity contribution in [3.63, 3.8) is 0 Å². The third-order valence-corrected chi connectivity index (χ3v) is 2.53. The third-order valence-electron chi connectivity index (χ3n) is 2.22. The molecule has 0 saturated carbocycles. The number of halogens is 1. The van der Waals surface area contributed by atoms with Crippen molar-refractivity contribution in [1.29, 1.82) is 0 Å². The van der Waals surface area contributed by atoms with Crippen LogP contribution in [-0.2, 0) is 5.72 Å². The lowest BCUT2D eigenvalue weighted by Crippen LogP contribution is -2.40. The van der Waals surface area contributed by atoms with Gasteiger partial charge in [0.05, 0.1) is 5.02 Å². The van der Waals surface area contributed by atoms with E-state index in [1.165, 1.54) is 12.1 Å². The van der Waals surface area contributed by atoms with Crippen LogP contribution in [0.4, 0.5) is 0 Å². The number of benzene rings is 1. The van der Waals surface area contributed by atoms with Crippen LogP contribution in [0.5, 0.6) is 5.75 Å². The van der Waals surface area contributed by atoms with Gasteiger partial charge in [-0.25, -0.2) is 0 Å². The second kappa shape index (κ2) is 4.24. The Labute approximate surface area is 101 Å². The van der Waals surface area contributed by atoms with Crippen LogP contribution >= 0.6 is 11.6 Å². The molecule has 4 N–H and O–H groups in total. The molecule has 1 unspecified atom stereocenters. The molecule has 0 bridgehead atoms. The second-order valence-corrected chi connectivity index (χ2v) is 5.73. The van der Waals surface area contributed by atoms with Crippen LogP contribution in [-0.4, -0.2) is 10.2 Å². The highest BCUT2D eigenvalue weighted by Gasteiger charge is 2.31. The number of hydrogen-bond acceptors (Lipinski definition) is 3. The normalized spacial score (nSPS) is 15.9. The Bertz CT molecular complexity index is 383. The largest absolute Gasteiger partial charge is 0.508 e. The number of aromatic hydroxyl groups is 1. The van der Waals surface area contributed by atoms with E-state index in [1.54, 1.807) is 6.07 Å². The van der Waals surface area contributed by atoms with E-state index in [0.29, 0.717) is 12.0 Å². The SMILES string of the molecule is CC(C)(C)CC(N)(O)c1ccc(O)cc1Cl. The van der Waals surface area contributed by atoms with Crippen molar-refractivity contribution in [3.05, 3.63) is 28.8 Å². The van der Waals surface area contributed by atoms with Gasteiger partial charge in [-0.1, -0.05) is 32.4 Å². The molecule has 0 saturated heterocycles. The number of hydrogen-bond donors (Lipinski definition) is 3. The van der Waals surface area contributed by atoms with Crippen molar-refractivity contribution >= 4 is 11.6 Å². The monoisotopic (exact) mass is 243 g/mol. The molecule has 1 aromatic carbocycles. The first-order chi connectivity index (χ1) is 7.12. The molecule has 90 valence electrons. The average Bonchev–Trinajstić information content (AvgIpc) is 1.97. The highest BCUT2D eigenvalue weighted by Crippen LogP contribution is 2.35.